The van der Waals surface area contributed by atoms with Crippen LogP contribution in [0.15, 0.2) is 170 Å². The molecule has 0 atom stereocenters. The first-order valence-corrected chi connectivity index (χ1v) is 20.9. The summed E-state index contributed by atoms with van der Waals surface area (Å²) in [6.07, 6.45) is 12.9. The van der Waals surface area contributed by atoms with Crippen molar-refractivity contribution >= 4 is 33.8 Å². The first-order valence-electron chi connectivity index (χ1n) is 20.9. The highest BCUT2D eigenvalue weighted by Gasteiger charge is 2.18. The van der Waals surface area contributed by atoms with Crippen molar-refractivity contribution in [2.45, 2.75) is 40.5 Å². The molecule has 0 unspecified atom stereocenters. The Morgan fingerprint density at radius 3 is 1.72 bits per heavy atom. The number of hydrogen-bond donors (Lipinski definition) is 0. The number of aromatic nitrogens is 4. The van der Waals surface area contributed by atoms with E-state index in [0.717, 1.165) is 73.8 Å². The lowest BCUT2D eigenvalue weighted by atomic mass is 9.86. The molecule has 0 N–H and O–H groups in total. The van der Waals surface area contributed by atoms with Gasteiger partial charge in [-0.05, 0) is 136 Å². The van der Waals surface area contributed by atoms with Gasteiger partial charge < -0.3 is 0 Å². The number of allylic oxidation sites excluding steroid dienone is 2. The van der Waals surface area contributed by atoms with Crippen LogP contribution < -0.4 is 0 Å². The number of nitrogens with zero attached hydrogens (tertiary/aromatic N) is 4. The lowest BCUT2D eigenvalue weighted by molar-refractivity contribution is 1.07. The van der Waals surface area contributed by atoms with Crippen LogP contribution in [0.3, 0.4) is 0 Å². The summed E-state index contributed by atoms with van der Waals surface area (Å²) < 4.78 is 0. The maximum atomic E-state index is 5.18. The van der Waals surface area contributed by atoms with Gasteiger partial charge in [0.05, 0.1) is 5.52 Å². The minimum Gasteiger partial charge on any atom is -0.256 e. The van der Waals surface area contributed by atoms with E-state index in [-0.39, 0.29) is 0 Å². The van der Waals surface area contributed by atoms with E-state index in [9.17, 15) is 0 Å². The highest BCUT2D eigenvalue weighted by molar-refractivity contribution is 6.02. The predicted molar refractivity (Wildman–Crippen MR) is 253 cm³/mol. The molecule has 4 heteroatoms. The van der Waals surface area contributed by atoms with Crippen LogP contribution in [0.4, 0.5) is 0 Å². The van der Waals surface area contributed by atoms with Gasteiger partial charge in [0.1, 0.15) is 0 Å². The second kappa shape index (κ2) is 16.9. The Morgan fingerprint density at radius 2 is 1.05 bits per heavy atom. The summed E-state index contributed by atoms with van der Waals surface area (Å²) in [4.78, 5) is 20.0. The second-order valence-electron chi connectivity index (χ2n) is 15.1. The Balaban J connectivity index is 1.29. The second-order valence-corrected chi connectivity index (χ2v) is 15.1. The molecule has 0 bridgehead atoms. The van der Waals surface area contributed by atoms with Crippen LogP contribution in [0.2, 0.25) is 0 Å². The van der Waals surface area contributed by atoms with Crippen molar-refractivity contribution in [1.82, 2.24) is 19.9 Å². The standard InChI is InChI=1S/C56H46N4/c1-5-8-25-47-37(4)46(7-3)49(18-6-2)52-36-41(28-29-50(47)52)44-33-43(40-23-17-24-42(32-40)48-30-31-57-53-27-16-15-26-51(48)53)34-45(35-44)56-59-54(38-19-11-9-12-20-38)58-55(60-56)39-21-13-10-14-22-39/h6,8-36H,5,7H2,1-4H3/b18-6-,25-8-. The molecule has 290 valence electrons. The summed E-state index contributed by atoms with van der Waals surface area (Å²) in [5.41, 5.74) is 15.8. The van der Waals surface area contributed by atoms with E-state index < -0.39 is 0 Å². The summed E-state index contributed by atoms with van der Waals surface area (Å²) in [5, 5.41) is 3.64. The van der Waals surface area contributed by atoms with E-state index in [0.29, 0.717) is 17.5 Å². The quantitative estimate of drug-likeness (QED) is 0.139. The van der Waals surface area contributed by atoms with Crippen molar-refractivity contribution in [2.24, 2.45) is 0 Å². The molecule has 9 rings (SSSR count). The molecule has 2 aromatic heterocycles. The number of benzene rings is 7. The topological polar surface area (TPSA) is 51.6 Å². The maximum absolute atomic E-state index is 5.18. The third-order valence-electron chi connectivity index (χ3n) is 11.4. The average Bonchev–Trinajstić information content (AvgIpc) is 3.31. The highest BCUT2D eigenvalue weighted by Crippen LogP contribution is 2.39. The van der Waals surface area contributed by atoms with Gasteiger partial charge in [0.15, 0.2) is 17.5 Å². The molecule has 0 amide bonds. The Kier molecular flexibility index (Phi) is 10.8. The fourth-order valence-electron chi connectivity index (χ4n) is 8.42. The van der Waals surface area contributed by atoms with Crippen LogP contribution in [0, 0.1) is 6.92 Å². The molecule has 0 aliphatic heterocycles. The van der Waals surface area contributed by atoms with Gasteiger partial charge in [-0.1, -0.05) is 147 Å². The third-order valence-corrected chi connectivity index (χ3v) is 11.4. The minimum absolute atomic E-state index is 0.619. The first kappa shape index (κ1) is 38.2. The van der Waals surface area contributed by atoms with Crippen molar-refractivity contribution < 1.29 is 0 Å². The molecule has 7 aromatic carbocycles. The monoisotopic (exact) mass is 774 g/mol. The lowest BCUT2D eigenvalue weighted by Gasteiger charge is -2.18. The maximum Gasteiger partial charge on any atom is 0.164 e. The molecule has 0 saturated carbocycles. The van der Waals surface area contributed by atoms with Crippen molar-refractivity contribution in [2.75, 3.05) is 0 Å². The Labute approximate surface area is 352 Å². The SMILES string of the molecule is C/C=C\c1c(CC)c(C)c(/C=C\CC)c2ccc(-c3cc(-c4cccc(-c5ccnc6ccccc56)c4)cc(-c4nc(-c5ccccc5)nc(-c5ccccc5)n4)c3)cc12. The first-order chi connectivity index (χ1) is 29.5. The molecule has 0 spiro atoms. The van der Waals surface area contributed by atoms with Gasteiger partial charge in [0.2, 0.25) is 0 Å². The number of para-hydroxylation sites is 1. The summed E-state index contributed by atoms with van der Waals surface area (Å²) in [6.45, 7) is 8.84. The Bertz CT molecular complexity index is 3010. The molecule has 0 saturated heterocycles. The summed E-state index contributed by atoms with van der Waals surface area (Å²) in [5.74, 6) is 1.89. The van der Waals surface area contributed by atoms with Crippen molar-refractivity contribution in [3.05, 3.63) is 192 Å². The van der Waals surface area contributed by atoms with Crippen LogP contribution in [0.1, 0.15) is 49.4 Å². The van der Waals surface area contributed by atoms with Crippen molar-refractivity contribution in [3.63, 3.8) is 0 Å². The normalized spacial score (nSPS) is 11.7. The zero-order valence-electron chi connectivity index (χ0n) is 34.5. The summed E-state index contributed by atoms with van der Waals surface area (Å²) in [6, 6.07) is 53.3. The van der Waals surface area contributed by atoms with E-state index in [4.69, 9.17) is 15.0 Å². The molecular weight excluding hydrogens is 729 g/mol. The van der Waals surface area contributed by atoms with Gasteiger partial charge in [0.25, 0.3) is 0 Å². The molecule has 60 heavy (non-hydrogen) atoms. The molecule has 2 heterocycles. The van der Waals surface area contributed by atoms with E-state index in [1.54, 1.807) is 0 Å². The smallest absolute Gasteiger partial charge is 0.164 e. The Morgan fingerprint density at radius 1 is 0.467 bits per heavy atom. The third kappa shape index (κ3) is 7.44. The van der Waals surface area contributed by atoms with E-state index in [1.807, 2.05) is 48.7 Å². The zero-order chi connectivity index (χ0) is 41.0. The van der Waals surface area contributed by atoms with Gasteiger partial charge in [-0.2, -0.15) is 0 Å². The highest BCUT2D eigenvalue weighted by atomic mass is 15.0. The molecule has 0 fully saturated rings. The predicted octanol–water partition coefficient (Wildman–Crippen LogP) is 14.9. The average molecular weight is 775 g/mol. The summed E-state index contributed by atoms with van der Waals surface area (Å²) in [7, 11) is 0. The van der Waals surface area contributed by atoms with Gasteiger partial charge in [0, 0.05) is 28.3 Å². The van der Waals surface area contributed by atoms with Gasteiger partial charge >= 0.3 is 0 Å². The molecule has 0 aliphatic carbocycles. The number of pyridine rings is 1. The molecular formula is C56H46N4. The van der Waals surface area contributed by atoms with Gasteiger partial charge in [-0.3, -0.25) is 4.98 Å². The number of hydrogen-bond acceptors (Lipinski definition) is 4. The van der Waals surface area contributed by atoms with E-state index in [2.05, 4.69) is 166 Å². The molecule has 4 nitrogen and oxygen atoms in total. The lowest BCUT2D eigenvalue weighted by Crippen LogP contribution is -2.00. The fraction of sp³-hybridized carbons (Fsp3) is 0.107. The van der Waals surface area contributed by atoms with Crippen LogP contribution in [-0.4, -0.2) is 19.9 Å². The van der Waals surface area contributed by atoms with Crippen LogP contribution in [0.5, 0.6) is 0 Å². The molecule has 0 aliphatic rings. The van der Waals surface area contributed by atoms with Crippen molar-refractivity contribution in [1.29, 1.82) is 0 Å². The Hall–Kier alpha value is -7.30. The van der Waals surface area contributed by atoms with Gasteiger partial charge in [-0.25, -0.2) is 15.0 Å². The van der Waals surface area contributed by atoms with Crippen LogP contribution >= 0.6 is 0 Å². The summed E-state index contributed by atoms with van der Waals surface area (Å²) >= 11 is 0. The zero-order valence-corrected chi connectivity index (χ0v) is 34.5. The number of rotatable bonds is 10. The largest absolute Gasteiger partial charge is 0.256 e. The van der Waals surface area contributed by atoms with E-state index in [1.165, 1.54) is 33.0 Å². The fourth-order valence-corrected chi connectivity index (χ4v) is 8.42. The van der Waals surface area contributed by atoms with Gasteiger partial charge in [-0.15, -0.1) is 0 Å². The molecule has 9 aromatic rings. The number of fused-ring (bicyclic) bond motifs is 2. The minimum atomic E-state index is 0.619. The van der Waals surface area contributed by atoms with E-state index >= 15 is 0 Å². The van der Waals surface area contributed by atoms with Crippen LogP contribution in [0.25, 0.3) is 101 Å². The van der Waals surface area contributed by atoms with Crippen molar-refractivity contribution in [3.8, 4) is 67.5 Å². The van der Waals surface area contributed by atoms with Crippen LogP contribution in [-0.2, 0) is 6.42 Å². The molecule has 0 radical (unpaired) electrons.